The number of hydrogen-bond acceptors (Lipinski definition) is 4. The topological polar surface area (TPSA) is 56.8 Å². The Balaban J connectivity index is 1.91. The molecule has 1 fully saturated rings. The molecule has 23 heavy (non-hydrogen) atoms. The van der Waals surface area contributed by atoms with Crippen molar-refractivity contribution in [3.05, 3.63) is 23.8 Å². The molecule has 1 aliphatic heterocycles. The van der Waals surface area contributed by atoms with E-state index in [1.165, 1.54) is 0 Å². The Hall–Kier alpha value is -1.75. The van der Waals surface area contributed by atoms with Gasteiger partial charge < -0.3 is 19.5 Å². The largest absolute Gasteiger partial charge is 0.493 e. The normalized spacial score (nSPS) is 18.5. The molecule has 0 bridgehead atoms. The van der Waals surface area contributed by atoms with E-state index in [4.69, 9.17) is 14.2 Å². The van der Waals surface area contributed by atoms with E-state index in [9.17, 15) is 4.79 Å². The van der Waals surface area contributed by atoms with E-state index >= 15 is 0 Å². The number of methoxy groups -OCH3 is 1. The van der Waals surface area contributed by atoms with E-state index in [1.54, 1.807) is 7.11 Å². The summed E-state index contributed by atoms with van der Waals surface area (Å²) in [5.41, 5.74) is 0.989. The van der Waals surface area contributed by atoms with Crippen LogP contribution in [0.15, 0.2) is 18.2 Å². The summed E-state index contributed by atoms with van der Waals surface area (Å²) in [6.07, 6.45) is 3.15. The predicted molar refractivity (Wildman–Crippen MR) is 88.8 cm³/mol. The Morgan fingerprint density at radius 3 is 2.91 bits per heavy atom. The predicted octanol–water partition coefficient (Wildman–Crippen LogP) is 2.92. The minimum absolute atomic E-state index is 0.0333. The van der Waals surface area contributed by atoms with Crippen LogP contribution in [0.2, 0.25) is 0 Å². The first-order valence-corrected chi connectivity index (χ1v) is 8.33. The smallest absolute Gasteiger partial charge is 0.223 e. The molecule has 0 aliphatic carbocycles. The zero-order valence-corrected chi connectivity index (χ0v) is 14.3. The molecule has 5 nitrogen and oxygen atoms in total. The van der Waals surface area contributed by atoms with E-state index < -0.39 is 0 Å². The van der Waals surface area contributed by atoms with Gasteiger partial charge >= 0.3 is 0 Å². The van der Waals surface area contributed by atoms with Crippen molar-refractivity contribution >= 4 is 5.91 Å². The van der Waals surface area contributed by atoms with Crippen molar-refractivity contribution in [1.82, 2.24) is 5.32 Å². The highest BCUT2D eigenvalue weighted by Gasteiger charge is 2.17. The molecule has 1 aromatic rings. The fourth-order valence-corrected chi connectivity index (χ4v) is 2.45. The summed E-state index contributed by atoms with van der Waals surface area (Å²) in [6.45, 7) is 5.79. The highest BCUT2D eigenvalue weighted by atomic mass is 16.5. The third-order valence-electron chi connectivity index (χ3n) is 4.20. The molecular weight excluding hydrogens is 294 g/mol. The molecular formula is C18H27NO4. The SMILES string of the molecule is CC[C@@H](C)C(=O)NCc1ccc(OC[C@@H]2CCCO2)c(OC)c1. The van der Waals surface area contributed by atoms with Gasteiger partial charge in [-0.1, -0.05) is 19.9 Å². The van der Waals surface area contributed by atoms with Crippen LogP contribution in [0, 0.1) is 5.92 Å². The van der Waals surface area contributed by atoms with Crippen LogP contribution in [0.3, 0.4) is 0 Å². The average molecular weight is 321 g/mol. The lowest BCUT2D eigenvalue weighted by Crippen LogP contribution is -2.28. The quantitative estimate of drug-likeness (QED) is 0.800. The van der Waals surface area contributed by atoms with Gasteiger partial charge in [0.25, 0.3) is 0 Å². The zero-order valence-electron chi connectivity index (χ0n) is 14.3. The molecule has 5 heteroatoms. The standard InChI is InChI=1S/C18H27NO4/c1-4-13(2)18(20)19-11-14-7-8-16(17(10-14)21-3)23-12-15-6-5-9-22-15/h7-8,10,13,15H,4-6,9,11-12H2,1-3H3,(H,19,20)/t13-,15+/m1/s1. The fourth-order valence-electron chi connectivity index (χ4n) is 2.45. The molecule has 0 radical (unpaired) electrons. The minimum Gasteiger partial charge on any atom is -0.493 e. The summed E-state index contributed by atoms with van der Waals surface area (Å²) in [7, 11) is 1.62. The number of hydrogen-bond donors (Lipinski definition) is 1. The maximum Gasteiger partial charge on any atom is 0.223 e. The van der Waals surface area contributed by atoms with Gasteiger partial charge in [0.2, 0.25) is 5.91 Å². The summed E-state index contributed by atoms with van der Waals surface area (Å²) >= 11 is 0. The second kappa shape index (κ2) is 8.77. The molecule has 0 saturated carbocycles. The minimum atomic E-state index is 0.0333. The van der Waals surface area contributed by atoms with Crippen molar-refractivity contribution < 1.29 is 19.0 Å². The Kier molecular flexibility index (Phi) is 6.71. The van der Waals surface area contributed by atoms with E-state index in [0.29, 0.717) is 24.7 Å². The van der Waals surface area contributed by atoms with Gasteiger partial charge in [-0.25, -0.2) is 0 Å². The Morgan fingerprint density at radius 1 is 1.43 bits per heavy atom. The first-order chi connectivity index (χ1) is 11.1. The number of ether oxygens (including phenoxy) is 3. The van der Waals surface area contributed by atoms with Gasteiger partial charge in [0.15, 0.2) is 11.5 Å². The number of carbonyl (C=O) groups excluding carboxylic acids is 1. The number of benzene rings is 1. The molecule has 1 aliphatic rings. The monoisotopic (exact) mass is 321 g/mol. The lowest BCUT2D eigenvalue weighted by Gasteiger charge is -2.15. The zero-order chi connectivity index (χ0) is 16.7. The van der Waals surface area contributed by atoms with Crippen molar-refractivity contribution in [3.8, 4) is 11.5 Å². The van der Waals surface area contributed by atoms with Crippen molar-refractivity contribution in [3.63, 3.8) is 0 Å². The maximum atomic E-state index is 11.8. The van der Waals surface area contributed by atoms with Crippen LogP contribution in [0.4, 0.5) is 0 Å². The molecule has 0 spiro atoms. The molecule has 1 heterocycles. The fraction of sp³-hybridized carbons (Fsp3) is 0.611. The number of rotatable bonds is 8. The maximum absolute atomic E-state index is 11.8. The van der Waals surface area contributed by atoms with Gasteiger partial charge in [0.1, 0.15) is 6.61 Å². The van der Waals surface area contributed by atoms with Crippen LogP contribution in [-0.4, -0.2) is 32.3 Å². The third kappa shape index (κ3) is 5.13. The molecule has 2 atom stereocenters. The summed E-state index contributed by atoms with van der Waals surface area (Å²) in [6, 6.07) is 5.74. The van der Waals surface area contributed by atoms with Crippen LogP contribution < -0.4 is 14.8 Å². The first-order valence-electron chi connectivity index (χ1n) is 8.33. The average Bonchev–Trinajstić information content (AvgIpc) is 3.10. The van der Waals surface area contributed by atoms with Crippen LogP contribution in [-0.2, 0) is 16.1 Å². The van der Waals surface area contributed by atoms with Gasteiger partial charge in [-0.3, -0.25) is 4.79 Å². The van der Waals surface area contributed by atoms with E-state index in [2.05, 4.69) is 5.32 Å². The second-order valence-corrected chi connectivity index (χ2v) is 5.96. The lowest BCUT2D eigenvalue weighted by molar-refractivity contribution is -0.124. The van der Waals surface area contributed by atoms with Crippen molar-refractivity contribution in [2.24, 2.45) is 5.92 Å². The van der Waals surface area contributed by atoms with Crippen molar-refractivity contribution in [2.45, 2.75) is 45.8 Å². The lowest BCUT2D eigenvalue weighted by atomic mass is 10.1. The van der Waals surface area contributed by atoms with E-state index in [0.717, 1.165) is 31.4 Å². The first kappa shape index (κ1) is 17.6. The summed E-state index contributed by atoms with van der Waals surface area (Å²) in [5, 5.41) is 2.94. The number of carbonyl (C=O) groups is 1. The van der Waals surface area contributed by atoms with Crippen molar-refractivity contribution in [2.75, 3.05) is 20.3 Å². The van der Waals surface area contributed by atoms with Gasteiger partial charge in [-0.2, -0.15) is 0 Å². The van der Waals surface area contributed by atoms with Crippen LogP contribution in [0.25, 0.3) is 0 Å². The molecule has 0 aromatic heterocycles. The van der Waals surface area contributed by atoms with Gasteiger partial charge in [-0.15, -0.1) is 0 Å². The summed E-state index contributed by atoms with van der Waals surface area (Å²) in [4.78, 5) is 11.8. The van der Waals surface area contributed by atoms with E-state index in [-0.39, 0.29) is 17.9 Å². The van der Waals surface area contributed by atoms with Crippen LogP contribution >= 0.6 is 0 Å². The molecule has 128 valence electrons. The third-order valence-corrected chi connectivity index (χ3v) is 4.20. The van der Waals surface area contributed by atoms with Crippen molar-refractivity contribution in [1.29, 1.82) is 0 Å². The Bertz CT molecular complexity index is 512. The molecule has 1 amide bonds. The summed E-state index contributed by atoms with van der Waals surface area (Å²) < 4.78 is 16.8. The molecule has 1 N–H and O–H groups in total. The highest BCUT2D eigenvalue weighted by Crippen LogP contribution is 2.29. The summed E-state index contributed by atoms with van der Waals surface area (Å²) in [5.74, 6) is 1.49. The van der Waals surface area contributed by atoms with E-state index in [1.807, 2.05) is 32.0 Å². The van der Waals surface area contributed by atoms with Gasteiger partial charge in [0.05, 0.1) is 13.2 Å². The Labute approximate surface area is 138 Å². The Morgan fingerprint density at radius 2 is 2.26 bits per heavy atom. The second-order valence-electron chi connectivity index (χ2n) is 5.96. The highest BCUT2D eigenvalue weighted by molar-refractivity contribution is 5.78. The molecule has 2 rings (SSSR count). The van der Waals surface area contributed by atoms with Gasteiger partial charge in [0, 0.05) is 19.1 Å². The van der Waals surface area contributed by atoms with Crippen LogP contribution in [0.5, 0.6) is 11.5 Å². The molecule has 0 unspecified atom stereocenters. The molecule has 1 aromatic carbocycles. The van der Waals surface area contributed by atoms with Crippen LogP contribution in [0.1, 0.15) is 38.7 Å². The molecule has 1 saturated heterocycles. The van der Waals surface area contributed by atoms with Gasteiger partial charge in [-0.05, 0) is 37.0 Å². The number of nitrogens with one attached hydrogen (secondary N) is 1. The number of amides is 1.